The highest BCUT2D eigenvalue weighted by Crippen LogP contribution is 2.15. The fourth-order valence-electron chi connectivity index (χ4n) is 6.54. The third-order valence-electron chi connectivity index (χ3n) is 9.90. The summed E-state index contributed by atoms with van der Waals surface area (Å²) in [5.74, 6) is -0.0354. The molecule has 0 saturated heterocycles. The van der Waals surface area contributed by atoms with E-state index in [9.17, 15) is 15.0 Å². The van der Waals surface area contributed by atoms with E-state index in [4.69, 9.17) is 0 Å². The molecule has 2 unspecified atom stereocenters. The predicted molar refractivity (Wildman–Crippen MR) is 216 cm³/mol. The van der Waals surface area contributed by atoms with Gasteiger partial charge in [-0.05, 0) is 51.4 Å². The first-order valence-corrected chi connectivity index (χ1v) is 21.7. The molecular weight excluding hydrogens is 602 g/mol. The Morgan fingerprint density at radius 3 is 1.24 bits per heavy atom. The molecule has 2 atom stereocenters. The van der Waals surface area contributed by atoms with Gasteiger partial charge in [0.2, 0.25) is 5.91 Å². The fraction of sp³-hybridized carbons (Fsp3) is 0.844. The average molecular weight is 688 g/mol. The lowest BCUT2D eigenvalue weighted by Gasteiger charge is -2.22. The largest absolute Gasteiger partial charge is 0.394 e. The lowest BCUT2D eigenvalue weighted by atomic mass is 10.0. The van der Waals surface area contributed by atoms with E-state index in [-0.39, 0.29) is 12.5 Å². The average Bonchev–Trinajstić information content (AvgIpc) is 3.10. The SMILES string of the molecule is CCCCCCC/C=C\C/C=C\C/C=C\CCCCCCCCCCCCCCCCC(=O)NC(CO)C(O)CCCCCCCCCC. The molecule has 0 aromatic carbocycles. The highest BCUT2D eigenvalue weighted by Gasteiger charge is 2.19. The molecule has 49 heavy (non-hydrogen) atoms. The Hall–Kier alpha value is -1.39. The summed E-state index contributed by atoms with van der Waals surface area (Å²) in [4.78, 5) is 12.3. The standard InChI is InChI=1S/C45H85NO3/c1-3-5-7-9-11-13-14-15-16-17-18-19-20-21-22-23-24-25-26-27-28-29-30-31-32-33-35-37-39-41-45(49)46-43(42-47)44(48)40-38-36-34-12-10-8-6-4-2/h14-15,17-18,20-21,43-44,47-48H,3-13,16,19,22-42H2,1-2H3,(H,46,49)/b15-14-,18-17-,21-20-. The minimum atomic E-state index is -0.656. The zero-order chi connectivity index (χ0) is 35.7. The van der Waals surface area contributed by atoms with Gasteiger partial charge in [0.05, 0.1) is 18.8 Å². The van der Waals surface area contributed by atoms with Crippen LogP contribution in [0.3, 0.4) is 0 Å². The number of hydrogen-bond donors (Lipinski definition) is 3. The molecule has 288 valence electrons. The minimum Gasteiger partial charge on any atom is -0.394 e. The lowest BCUT2D eigenvalue weighted by molar-refractivity contribution is -0.123. The van der Waals surface area contributed by atoms with Crippen LogP contribution < -0.4 is 5.32 Å². The Bertz CT molecular complexity index is 746. The van der Waals surface area contributed by atoms with Crippen molar-refractivity contribution in [1.29, 1.82) is 0 Å². The second-order valence-electron chi connectivity index (χ2n) is 14.8. The molecule has 1 amide bonds. The van der Waals surface area contributed by atoms with E-state index in [1.807, 2.05) is 0 Å². The predicted octanol–water partition coefficient (Wildman–Crippen LogP) is 13.4. The first kappa shape index (κ1) is 47.6. The van der Waals surface area contributed by atoms with Crippen molar-refractivity contribution in [3.63, 3.8) is 0 Å². The lowest BCUT2D eigenvalue weighted by Crippen LogP contribution is -2.45. The van der Waals surface area contributed by atoms with Crippen LogP contribution >= 0.6 is 0 Å². The molecule has 0 bridgehead atoms. The zero-order valence-corrected chi connectivity index (χ0v) is 33.0. The van der Waals surface area contributed by atoms with Gasteiger partial charge in [-0.15, -0.1) is 0 Å². The molecule has 4 heteroatoms. The number of aliphatic hydroxyl groups excluding tert-OH is 2. The monoisotopic (exact) mass is 688 g/mol. The second-order valence-corrected chi connectivity index (χ2v) is 14.8. The number of aliphatic hydroxyl groups is 2. The van der Waals surface area contributed by atoms with Crippen molar-refractivity contribution in [1.82, 2.24) is 5.32 Å². The normalized spacial score (nSPS) is 13.3. The summed E-state index contributed by atoms with van der Waals surface area (Å²) in [6.45, 7) is 4.31. The summed E-state index contributed by atoms with van der Waals surface area (Å²) < 4.78 is 0. The summed E-state index contributed by atoms with van der Waals surface area (Å²) in [6.07, 6.45) is 53.8. The van der Waals surface area contributed by atoms with Gasteiger partial charge in [0, 0.05) is 6.42 Å². The van der Waals surface area contributed by atoms with E-state index in [1.165, 1.54) is 161 Å². The van der Waals surface area contributed by atoms with Crippen LogP contribution in [0.15, 0.2) is 36.5 Å². The van der Waals surface area contributed by atoms with Crippen molar-refractivity contribution >= 4 is 5.91 Å². The van der Waals surface area contributed by atoms with Crippen LogP contribution in [0.25, 0.3) is 0 Å². The second kappa shape index (κ2) is 41.0. The molecule has 0 aliphatic heterocycles. The van der Waals surface area contributed by atoms with Gasteiger partial charge in [-0.25, -0.2) is 0 Å². The summed E-state index contributed by atoms with van der Waals surface area (Å²) in [6, 6.07) is -0.533. The van der Waals surface area contributed by atoms with Crippen LogP contribution in [0, 0.1) is 0 Å². The Kier molecular flexibility index (Phi) is 39.9. The molecule has 0 radical (unpaired) electrons. The third-order valence-corrected chi connectivity index (χ3v) is 9.90. The Morgan fingerprint density at radius 1 is 0.490 bits per heavy atom. The smallest absolute Gasteiger partial charge is 0.220 e. The maximum atomic E-state index is 12.3. The topological polar surface area (TPSA) is 69.6 Å². The van der Waals surface area contributed by atoms with Crippen molar-refractivity contribution in [2.24, 2.45) is 0 Å². The van der Waals surface area contributed by atoms with Crippen molar-refractivity contribution in [3.05, 3.63) is 36.5 Å². The van der Waals surface area contributed by atoms with Gasteiger partial charge in [-0.2, -0.15) is 0 Å². The highest BCUT2D eigenvalue weighted by atomic mass is 16.3. The van der Waals surface area contributed by atoms with Gasteiger partial charge in [-0.3, -0.25) is 4.79 Å². The number of rotatable bonds is 39. The fourth-order valence-corrected chi connectivity index (χ4v) is 6.54. The number of amides is 1. The van der Waals surface area contributed by atoms with Gasteiger partial charge >= 0.3 is 0 Å². The Labute approximate surface area is 306 Å². The maximum absolute atomic E-state index is 12.3. The summed E-state index contributed by atoms with van der Waals surface area (Å²) >= 11 is 0. The van der Waals surface area contributed by atoms with Crippen LogP contribution in [0.2, 0.25) is 0 Å². The van der Waals surface area contributed by atoms with E-state index in [1.54, 1.807) is 0 Å². The molecule has 0 aliphatic rings. The van der Waals surface area contributed by atoms with Crippen molar-refractivity contribution in [2.45, 2.75) is 238 Å². The summed E-state index contributed by atoms with van der Waals surface area (Å²) in [7, 11) is 0. The third kappa shape index (κ3) is 37.7. The molecular formula is C45H85NO3. The van der Waals surface area contributed by atoms with Gasteiger partial charge in [0.15, 0.2) is 0 Å². The molecule has 3 N–H and O–H groups in total. The van der Waals surface area contributed by atoms with E-state index in [2.05, 4.69) is 55.6 Å². The van der Waals surface area contributed by atoms with E-state index < -0.39 is 12.1 Å². The zero-order valence-electron chi connectivity index (χ0n) is 33.0. The van der Waals surface area contributed by atoms with Crippen LogP contribution in [0.1, 0.15) is 226 Å². The van der Waals surface area contributed by atoms with E-state index >= 15 is 0 Å². The number of carbonyl (C=O) groups excluding carboxylic acids is 1. The van der Waals surface area contributed by atoms with Crippen LogP contribution in [-0.4, -0.2) is 34.9 Å². The number of nitrogens with one attached hydrogen (secondary N) is 1. The summed E-state index contributed by atoms with van der Waals surface area (Å²) in [5, 5.41) is 23.0. The molecule has 0 saturated carbocycles. The maximum Gasteiger partial charge on any atom is 0.220 e. The Morgan fingerprint density at radius 2 is 0.837 bits per heavy atom. The van der Waals surface area contributed by atoms with Gasteiger partial charge < -0.3 is 15.5 Å². The first-order chi connectivity index (χ1) is 24.2. The number of carbonyl (C=O) groups is 1. The molecule has 0 rings (SSSR count). The van der Waals surface area contributed by atoms with Crippen LogP contribution in [0.4, 0.5) is 0 Å². The van der Waals surface area contributed by atoms with Gasteiger partial charge in [-0.1, -0.05) is 204 Å². The minimum absolute atomic E-state index is 0.0354. The molecule has 0 spiro atoms. The number of hydrogen-bond acceptors (Lipinski definition) is 3. The highest BCUT2D eigenvalue weighted by molar-refractivity contribution is 5.76. The molecule has 0 aromatic heterocycles. The number of unbranched alkanes of at least 4 members (excludes halogenated alkanes) is 26. The van der Waals surface area contributed by atoms with Gasteiger partial charge in [0.25, 0.3) is 0 Å². The summed E-state index contributed by atoms with van der Waals surface area (Å²) in [5.41, 5.74) is 0. The Balaban J connectivity index is 3.44. The van der Waals surface area contributed by atoms with Crippen molar-refractivity contribution < 1.29 is 15.0 Å². The van der Waals surface area contributed by atoms with E-state index in [0.717, 1.165) is 38.5 Å². The van der Waals surface area contributed by atoms with Crippen molar-refractivity contribution in [2.75, 3.05) is 6.61 Å². The molecule has 0 aliphatic carbocycles. The molecule has 0 aromatic rings. The van der Waals surface area contributed by atoms with Crippen LogP contribution in [-0.2, 0) is 4.79 Å². The van der Waals surface area contributed by atoms with Gasteiger partial charge in [0.1, 0.15) is 0 Å². The van der Waals surface area contributed by atoms with E-state index in [0.29, 0.717) is 12.8 Å². The first-order valence-electron chi connectivity index (χ1n) is 21.7. The molecule has 0 fully saturated rings. The van der Waals surface area contributed by atoms with Crippen LogP contribution in [0.5, 0.6) is 0 Å². The molecule has 0 heterocycles. The number of allylic oxidation sites excluding steroid dienone is 6. The van der Waals surface area contributed by atoms with Crippen molar-refractivity contribution in [3.8, 4) is 0 Å². The quantitative estimate of drug-likeness (QED) is 0.0445. The molecule has 4 nitrogen and oxygen atoms in total.